The fourth-order valence-corrected chi connectivity index (χ4v) is 2.03. The molecule has 1 aliphatic heterocycles. The molecule has 94 valence electrons. The summed E-state index contributed by atoms with van der Waals surface area (Å²) in [7, 11) is 1.57. The van der Waals surface area contributed by atoms with Crippen molar-refractivity contribution in [1.82, 2.24) is 15.0 Å². The lowest BCUT2D eigenvalue weighted by molar-refractivity contribution is 0.378. The minimum Gasteiger partial charge on any atom is -0.467 e. The summed E-state index contributed by atoms with van der Waals surface area (Å²) in [6.45, 7) is 5.98. The molecule has 0 radical (unpaired) electrons. The predicted molar refractivity (Wildman–Crippen MR) is 66.6 cm³/mol. The lowest BCUT2D eigenvalue weighted by atomic mass is 10.2. The first kappa shape index (κ1) is 11.9. The number of aromatic nitrogens is 3. The first-order chi connectivity index (χ1) is 8.24. The fraction of sp³-hybridized carbons (Fsp3) is 0.727. The summed E-state index contributed by atoms with van der Waals surface area (Å²) in [4.78, 5) is 15.1. The molecule has 1 aliphatic rings. The molecule has 1 aromatic rings. The van der Waals surface area contributed by atoms with E-state index in [0.29, 0.717) is 23.9 Å². The van der Waals surface area contributed by atoms with Gasteiger partial charge in [-0.15, -0.1) is 0 Å². The maximum atomic E-state index is 5.11. The molecule has 0 saturated carbocycles. The van der Waals surface area contributed by atoms with Gasteiger partial charge in [-0.05, 0) is 26.7 Å². The summed E-state index contributed by atoms with van der Waals surface area (Å²) in [6, 6.07) is 0.849. The first-order valence-electron chi connectivity index (χ1n) is 6.05. The second kappa shape index (κ2) is 5.16. The molecule has 17 heavy (non-hydrogen) atoms. The van der Waals surface area contributed by atoms with Gasteiger partial charge in [0.15, 0.2) is 0 Å². The topological polar surface area (TPSA) is 63.2 Å². The van der Waals surface area contributed by atoms with Crippen LogP contribution in [-0.2, 0) is 0 Å². The fourth-order valence-electron chi connectivity index (χ4n) is 2.03. The Bertz CT molecular complexity index is 384. The molecule has 1 atom stereocenters. The van der Waals surface area contributed by atoms with Gasteiger partial charge < -0.3 is 15.0 Å². The van der Waals surface area contributed by atoms with Gasteiger partial charge in [-0.3, -0.25) is 0 Å². The molecule has 0 aliphatic carbocycles. The SMILES string of the molecule is CCNc1nc(OC)nc(N2CCCC2C)n1. The lowest BCUT2D eigenvalue weighted by Gasteiger charge is -2.21. The average Bonchev–Trinajstić information content (AvgIpc) is 2.75. The normalized spacial score (nSPS) is 19.5. The van der Waals surface area contributed by atoms with E-state index >= 15 is 0 Å². The number of nitrogens with one attached hydrogen (secondary N) is 1. The number of methoxy groups -OCH3 is 1. The van der Waals surface area contributed by atoms with Crippen LogP contribution >= 0.6 is 0 Å². The van der Waals surface area contributed by atoms with Crippen molar-refractivity contribution in [3.63, 3.8) is 0 Å². The maximum Gasteiger partial charge on any atom is 0.322 e. The molecular formula is C11H19N5O. The summed E-state index contributed by atoms with van der Waals surface area (Å²) < 4.78 is 5.11. The third kappa shape index (κ3) is 2.57. The molecule has 2 heterocycles. The van der Waals surface area contributed by atoms with Crippen LogP contribution in [0.1, 0.15) is 26.7 Å². The van der Waals surface area contributed by atoms with Gasteiger partial charge in [0.1, 0.15) is 0 Å². The van der Waals surface area contributed by atoms with Crippen molar-refractivity contribution >= 4 is 11.9 Å². The Balaban J connectivity index is 2.28. The molecule has 1 saturated heterocycles. The van der Waals surface area contributed by atoms with E-state index in [2.05, 4.69) is 32.1 Å². The standard InChI is InChI=1S/C11H19N5O/c1-4-12-9-13-10(15-11(14-9)17-3)16-7-5-6-8(16)2/h8H,4-7H2,1-3H3,(H,12,13,14,15). The van der Waals surface area contributed by atoms with Gasteiger partial charge in [-0.2, -0.15) is 15.0 Å². The zero-order chi connectivity index (χ0) is 12.3. The molecule has 0 amide bonds. The van der Waals surface area contributed by atoms with Crippen molar-refractivity contribution in [2.45, 2.75) is 32.7 Å². The first-order valence-corrected chi connectivity index (χ1v) is 6.05. The number of hydrogen-bond donors (Lipinski definition) is 1. The van der Waals surface area contributed by atoms with Crippen LogP contribution in [0.25, 0.3) is 0 Å². The summed E-state index contributed by atoms with van der Waals surface area (Å²) in [6.07, 6.45) is 2.37. The minimum absolute atomic E-state index is 0.366. The number of anilines is 2. The Labute approximate surface area is 101 Å². The van der Waals surface area contributed by atoms with Crippen LogP contribution in [-0.4, -0.2) is 41.2 Å². The Kier molecular flexibility index (Phi) is 3.61. The van der Waals surface area contributed by atoms with E-state index in [9.17, 15) is 0 Å². The van der Waals surface area contributed by atoms with Gasteiger partial charge in [0, 0.05) is 19.1 Å². The highest BCUT2D eigenvalue weighted by molar-refractivity contribution is 5.40. The number of rotatable bonds is 4. The van der Waals surface area contributed by atoms with Crippen molar-refractivity contribution in [2.24, 2.45) is 0 Å². The molecule has 1 fully saturated rings. The maximum absolute atomic E-state index is 5.11. The van der Waals surface area contributed by atoms with Gasteiger partial charge in [0.05, 0.1) is 7.11 Å². The quantitative estimate of drug-likeness (QED) is 0.851. The summed E-state index contributed by atoms with van der Waals surface area (Å²) in [5.41, 5.74) is 0. The van der Waals surface area contributed by atoms with Crippen molar-refractivity contribution in [1.29, 1.82) is 0 Å². The predicted octanol–water partition coefficient (Wildman–Crippen LogP) is 1.30. The van der Waals surface area contributed by atoms with E-state index in [4.69, 9.17) is 4.74 Å². The molecule has 6 heteroatoms. The van der Waals surface area contributed by atoms with Gasteiger partial charge in [-0.1, -0.05) is 0 Å². The Morgan fingerprint density at radius 3 is 2.82 bits per heavy atom. The number of ether oxygens (including phenoxy) is 1. The monoisotopic (exact) mass is 237 g/mol. The van der Waals surface area contributed by atoms with Crippen LogP contribution in [0.5, 0.6) is 6.01 Å². The molecular weight excluding hydrogens is 218 g/mol. The molecule has 0 aromatic carbocycles. The van der Waals surface area contributed by atoms with Gasteiger partial charge >= 0.3 is 6.01 Å². The lowest BCUT2D eigenvalue weighted by Crippen LogP contribution is -2.28. The molecule has 2 rings (SSSR count). The summed E-state index contributed by atoms with van der Waals surface area (Å²) in [5.74, 6) is 1.28. The molecule has 0 spiro atoms. The summed E-state index contributed by atoms with van der Waals surface area (Å²) >= 11 is 0. The highest BCUT2D eigenvalue weighted by atomic mass is 16.5. The minimum atomic E-state index is 0.366. The van der Waals surface area contributed by atoms with E-state index in [-0.39, 0.29) is 0 Å². The Morgan fingerprint density at radius 1 is 1.41 bits per heavy atom. The average molecular weight is 237 g/mol. The molecule has 1 aromatic heterocycles. The van der Waals surface area contributed by atoms with Gasteiger partial charge in [0.25, 0.3) is 0 Å². The largest absolute Gasteiger partial charge is 0.467 e. The second-order valence-electron chi connectivity index (χ2n) is 4.16. The Morgan fingerprint density at radius 2 is 2.24 bits per heavy atom. The van der Waals surface area contributed by atoms with Crippen LogP contribution in [0.3, 0.4) is 0 Å². The number of hydrogen-bond acceptors (Lipinski definition) is 6. The van der Waals surface area contributed by atoms with Crippen molar-refractivity contribution in [2.75, 3.05) is 30.4 Å². The molecule has 1 unspecified atom stereocenters. The smallest absolute Gasteiger partial charge is 0.322 e. The summed E-state index contributed by atoms with van der Waals surface area (Å²) in [5, 5.41) is 3.09. The molecule has 0 bridgehead atoms. The van der Waals surface area contributed by atoms with Crippen molar-refractivity contribution < 1.29 is 4.74 Å². The third-order valence-electron chi connectivity index (χ3n) is 2.93. The van der Waals surface area contributed by atoms with E-state index in [1.54, 1.807) is 7.11 Å². The van der Waals surface area contributed by atoms with E-state index < -0.39 is 0 Å². The van der Waals surface area contributed by atoms with E-state index in [1.165, 1.54) is 12.8 Å². The second-order valence-corrected chi connectivity index (χ2v) is 4.16. The van der Waals surface area contributed by atoms with Crippen LogP contribution in [0.4, 0.5) is 11.9 Å². The van der Waals surface area contributed by atoms with Crippen molar-refractivity contribution in [3.05, 3.63) is 0 Å². The van der Waals surface area contributed by atoms with Gasteiger partial charge in [0.2, 0.25) is 11.9 Å². The highest BCUT2D eigenvalue weighted by Crippen LogP contribution is 2.23. The zero-order valence-electron chi connectivity index (χ0n) is 10.6. The Hall–Kier alpha value is -1.59. The van der Waals surface area contributed by atoms with Crippen molar-refractivity contribution in [3.8, 4) is 6.01 Å². The van der Waals surface area contributed by atoms with Crippen LogP contribution in [0, 0.1) is 0 Å². The molecule has 6 nitrogen and oxygen atoms in total. The van der Waals surface area contributed by atoms with Crippen LogP contribution in [0.2, 0.25) is 0 Å². The van der Waals surface area contributed by atoms with Gasteiger partial charge in [-0.25, -0.2) is 0 Å². The van der Waals surface area contributed by atoms with E-state index in [1.807, 2.05) is 6.92 Å². The van der Waals surface area contributed by atoms with Crippen LogP contribution in [0.15, 0.2) is 0 Å². The molecule has 1 N–H and O–H groups in total. The third-order valence-corrected chi connectivity index (χ3v) is 2.93. The van der Waals surface area contributed by atoms with E-state index in [0.717, 1.165) is 13.1 Å². The number of nitrogens with zero attached hydrogens (tertiary/aromatic N) is 4. The highest BCUT2D eigenvalue weighted by Gasteiger charge is 2.24. The zero-order valence-corrected chi connectivity index (χ0v) is 10.6. The van der Waals surface area contributed by atoms with Crippen LogP contribution < -0.4 is 15.0 Å².